The number of aliphatic imine (C=N–C) groups is 1. The molecule has 1 fully saturated rings. The quantitative estimate of drug-likeness (QED) is 0.509. The van der Waals surface area contributed by atoms with Crippen LogP contribution in [0.15, 0.2) is 77.8 Å². The van der Waals surface area contributed by atoms with Crippen LogP contribution in [0, 0.1) is 0 Å². The SMILES string of the molecule is O=C1C(=Nc2cccc(C(F)(F)F)c2)c2ccccc2N1c1cccc(OC[C@H]2CO2)c1. The summed E-state index contributed by atoms with van der Waals surface area (Å²) in [4.78, 5) is 19.1. The first-order valence-corrected chi connectivity index (χ1v) is 9.94. The molecule has 0 bridgehead atoms. The first kappa shape index (κ1) is 20.3. The van der Waals surface area contributed by atoms with E-state index in [0.29, 0.717) is 35.9 Å². The zero-order valence-corrected chi connectivity index (χ0v) is 16.7. The molecule has 0 spiro atoms. The monoisotopic (exact) mass is 438 g/mol. The van der Waals surface area contributed by atoms with Crippen LogP contribution >= 0.6 is 0 Å². The number of anilines is 2. The molecule has 1 saturated heterocycles. The van der Waals surface area contributed by atoms with Gasteiger partial charge in [-0.3, -0.25) is 9.69 Å². The van der Waals surface area contributed by atoms with Gasteiger partial charge in [0.05, 0.1) is 29.2 Å². The molecule has 0 aromatic heterocycles. The van der Waals surface area contributed by atoms with E-state index in [1.54, 1.807) is 48.5 Å². The zero-order chi connectivity index (χ0) is 22.3. The molecule has 0 radical (unpaired) electrons. The van der Waals surface area contributed by atoms with Crippen molar-refractivity contribution in [3.63, 3.8) is 0 Å². The molecule has 162 valence electrons. The van der Waals surface area contributed by atoms with Gasteiger partial charge in [0.15, 0.2) is 0 Å². The van der Waals surface area contributed by atoms with Crippen molar-refractivity contribution >= 4 is 28.7 Å². The van der Waals surface area contributed by atoms with Crippen molar-refractivity contribution in [1.29, 1.82) is 0 Å². The Morgan fingerprint density at radius 2 is 1.81 bits per heavy atom. The van der Waals surface area contributed by atoms with Crippen LogP contribution in [0.25, 0.3) is 0 Å². The van der Waals surface area contributed by atoms with Gasteiger partial charge in [0.25, 0.3) is 5.91 Å². The van der Waals surface area contributed by atoms with E-state index in [1.807, 2.05) is 0 Å². The molecule has 0 saturated carbocycles. The summed E-state index contributed by atoms with van der Waals surface area (Å²) < 4.78 is 50.1. The summed E-state index contributed by atoms with van der Waals surface area (Å²) in [6.45, 7) is 1.10. The minimum Gasteiger partial charge on any atom is -0.491 e. The van der Waals surface area contributed by atoms with Crippen LogP contribution in [0.1, 0.15) is 11.1 Å². The second-order valence-corrected chi connectivity index (χ2v) is 7.43. The fourth-order valence-electron chi connectivity index (χ4n) is 3.51. The van der Waals surface area contributed by atoms with E-state index in [0.717, 1.165) is 12.1 Å². The smallest absolute Gasteiger partial charge is 0.416 e. The Kier molecular flexibility index (Phi) is 4.94. The van der Waals surface area contributed by atoms with Gasteiger partial charge in [-0.05, 0) is 36.4 Å². The lowest BCUT2D eigenvalue weighted by Gasteiger charge is -2.18. The predicted octanol–water partition coefficient (Wildman–Crippen LogP) is 5.28. The number of amides is 1. The van der Waals surface area contributed by atoms with Gasteiger partial charge in [-0.1, -0.05) is 30.3 Å². The molecule has 5 rings (SSSR count). The topological polar surface area (TPSA) is 54.4 Å². The van der Waals surface area contributed by atoms with Crippen molar-refractivity contribution in [2.24, 2.45) is 4.99 Å². The number of para-hydroxylation sites is 1. The van der Waals surface area contributed by atoms with E-state index >= 15 is 0 Å². The Morgan fingerprint density at radius 3 is 2.59 bits per heavy atom. The number of alkyl halides is 3. The number of fused-ring (bicyclic) bond motifs is 1. The minimum absolute atomic E-state index is 0.0568. The van der Waals surface area contributed by atoms with E-state index in [-0.39, 0.29) is 17.5 Å². The maximum absolute atomic E-state index is 13.3. The second kappa shape index (κ2) is 7.80. The predicted molar refractivity (Wildman–Crippen MR) is 113 cm³/mol. The maximum Gasteiger partial charge on any atom is 0.416 e. The first-order valence-electron chi connectivity index (χ1n) is 9.94. The number of epoxide rings is 1. The van der Waals surface area contributed by atoms with Gasteiger partial charge in [-0.2, -0.15) is 13.2 Å². The Labute approximate surface area is 181 Å². The van der Waals surface area contributed by atoms with Gasteiger partial charge < -0.3 is 9.47 Å². The Balaban J connectivity index is 1.52. The van der Waals surface area contributed by atoms with Crippen molar-refractivity contribution in [3.05, 3.63) is 83.9 Å². The van der Waals surface area contributed by atoms with Crippen LogP contribution < -0.4 is 9.64 Å². The lowest BCUT2D eigenvalue weighted by Crippen LogP contribution is -2.25. The third-order valence-electron chi connectivity index (χ3n) is 5.13. The lowest BCUT2D eigenvalue weighted by molar-refractivity contribution is -0.137. The van der Waals surface area contributed by atoms with E-state index in [4.69, 9.17) is 9.47 Å². The van der Waals surface area contributed by atoms with Crippen LogP contribution in [0.5, 0.6) is 5.75 Å². The number of carbonyl (C=O) groups excluding carboxylic acids is 1. The molecule has 0 aliphatic carbocycles. The Morgan fingerprint density at radius 1 is 1.03 bits per heavy atom. The molecule has 8 heteroatoms. The van der Waals surface area contributed by atoms with Gasteiger partial charge in [-0.15, -0.1) is 0 Å². The van der Waals surface area contributed by atoms with Gasteiger partial charge in [0.1, 0.15) is 24.2 Å². The highest BCUT2D eigenvalue weighted by atomic mass is 19.4. The summed E-state index contributed by atoms with van der Waals surface area (Å²) in [6, 6.07) is 18.7. The van der Waals surface area contributed by atoms with Gasteiger partial charge in [-0.25, -0.2) is 4.99 Å². The molecule has 3 aromatic carbocycles. The minimum atomic E-state index is -4.49. The molecule has 1 amide bonds. The Hall–Kier alpha value is -3.65. The average Bonchev–Trinajstić information content (AvgIpc) is 3.57. The normalized spacial score (nSPS) is 18.7. The summed E-state index contributed by atoms with van der Waals surface area (Å²) in [5, 5.41) is 0. The standard InChI is InChI=1S/C24H17F3N2O3/c25-24(26,27)15-5-3-6-16(11-15)28-22-20-9-1-2-10-21(20)29(23(22)30)17-7-4-8-18(12-17)31-13-19-14-32-19/h1-12,19H,13-14H2/t19-/m0/s1. The van der Waals surface area contributed by atoms with Crippen LogP contribution in [-0.4, -0.2) is 30.9 Å². The fraction of sp³-hybridized carbons (Fsp3) is 0.167. The van der Waals surface area contributed by atoms with Crippen molar-refractivity contribution in [2.45, 2.75) is 12.3 Å². The number of halogens is 3. The molecule has 2 aliphatic heterocycles. The van der Waals surface area contributed by atoms with Crippen molar-refractivity contribution in [1.82, 2.24) is 0 Å². The molecule has 2 heterocycles. The van der Waals surface area contributed by atoms with Crippen LogP contribution in [0.3, 0.4) is 0 Å². The number of hydrogen-bond donors (Lipinski definition) is 0. The lowest BCUT2D eigenvalue weighted by atomic mass is 10.1. The average molecular weight is 438 g/mol. The third-order valence-corrected chi connectivity index (χ3v) is 5.13. The summed E-state index contributed by atoms with van der Waals surface area (Å²) in [6.07, 6.45) is -4.40. The van der Waals surface area contributed by atoms with E-state index in [2.05, 4.69) is 4.99 Å². The number of ether oxygens (including phenoxy) is 2. The van der Waals surface area contributed by atoms with E-state index in [9.17, 15) is 18.0 Å². The zero-order valence-electron chi connectivity index (χ0n) is 16.7. The molecule has 1 atom stereocenters. The highest BCUT2D eigenvalue weighted by molar-refractivity contribution is 6.56. The third kappa shape index (κ3) is 3.97. The largest absolute Gasteiger partial charge is 0.491 e. The highest BCUT2D eigenvalue weighted by Crippen LogP contribution is 2.38. The van der Waals surface area contributed by atoms with Crippen LogP contribution in [0.2, 0.25) is 0 Å². The molecule has 5 nitrogen and oxygen atoms in total. The summed E-state index contributed by atoms with van der Waals surface area (Å²) in [5.74, 6) is 0.165. The van der Waals surface area contributed by atoms with Gasteiger partial charge in [0, 0.05) is 11.6 Å². The van der Waals surface area contributed by atoms with E-state index in [1.165, 1.54) is 17.0 Å². The number of carbonyl (C=O) groups is 1. The molecule has 0 unspecified atom stereocenters. The first-order chi connectivity index (χ1) is 15.4. The Bertz CT molecular complexity index is 1220. The molecular formula is C24H17F3N2O3. The molecule has 32 heavy (non-hydrogen) atoms. The maximum atomic E-state index is 13.3. The van der Waals surface area contributed by atoms with Crippen LogP contribution in [-0.2, 0) is 15.7 Å². The molecule has 3 aromatic rings. The van der Waals surface area contributed by atoms with Gasteiger partial charge >= 0.3 is 6.18 Å². The number of hydrogen-bond acceptors (Lipinski definition) is 4. The second-order valence-electron chi connectivity index (χ2n) is 7.43. The van der Waals surface area contributed by atoms with Crippen molar-refractivity contribution in [3.8, 4) is 5.75 Å². The molecular weight excluding hydrogens is 421 g/mol. The number of rotatable bonds is 5. The fourth-order valence-corrected chi connectivity index (χ4v) is 3.51. The van der Waals surface area contributed by atoms with E-state index < -0.39 is 17.6 Å². The highest BCUT2D eigenvalue weighted by Gasteiger charge is 2.35. The van der Waals surface area contributed by atoms with Crippen molar-refractivity contribution < 1.29 is 27.4 Å². The number of nitrogens with zero attached hydrogens (tertiary/aromatic N) is 2. The molecule has 0 N–H and O–H groups in total. The summed E-state index contributed by atoms with van der Waals surface area (Å²) in [5.41, 5.74) is 1.04. The van der Waals surface area contributed by atoms with Gasteiger partial charge in [0.2, 0.25) is 0 Å². The summed E-state index contributed by atoms with van der Waals surface area (Å²) >= 11 is 0. The van der Waals surface area contributed by atoms with Crippen LogP contribution in [0.4, 0.5) is 30.2 Å². The number of benzene rings is 3. The summed E-state index contributed by atoms with van der Waals surface area (Å²) in [7, 11) is 0. The van der Waals surface area contributed by atoms with Crippen molar-refractivity contribution in [2.75, 3.05) is 18.1 Å². The molecule has 2 aliphatic rings.